The number of aromatic nitrogens is 1. The van der Waals surface area contributed by atoms with Crippen LogP contribution in [0.25, 0.3) is 10.9 Å². The van der Waals surface area contributed by atoms with Crippen molar-refractivity contribution in [1.29, 1.82) is 0 Å². The smallest absolute Gasteiger partial charge is 0.333 e. The molecule has 1 saturated heterocycles. The fraction of sp³-hybridized carbons (Fsp3) is 0.513. The molecular weight excluding hydrogens is 620 g/mol. The minimum absolute atomic E-state index is 0.118. The summed E-state index contributed by atoms with van der Waals surface area (Å²) in [5, 5.41) is 38.7. The number of aliphatic hydroxyl groups is 3. The number of hydrogen-bond acceptors (Lipinski definition) is 9. The van der Waals surface area contributed by atoms with Gasteiger partial charge in [-0.2, -0.15) is 0 Å². The number of hydrogen-bond donors (Lipinski definition) is 5. The maximum Gasteiger partial charge on any atom is 0.333 e. The molecule has 3 aliphatic heterocycles. The highest BCUT2D eigenvalue weighted by Gasteiger charge is 2.68. The second-order valence-electron chi connectivity index (χ2n) is 14.5. The first-order chi connectivity index (χ1) is 23.6. The predicted octanol–water partition coefficient (Wildman–Crippen LogP) is 3.21. The van der Waals surface area contributed by atoms with Gasteiger partial charge in [-0.05, 0) is 55.6 Å². The highest BCUT2D eigenvalue weighted by atomic mass is 16.5. The molecular formula is C39H50N4O6. The van der Waals surface area contributed by atoms with Crippen molar-refractivity contribution in [3.8, 4) is 5.75 Å². The van der Waals surface area contributed by atoms with Crippen molar-refractivity contribution in [3.05, 3.63) is 83.1 Å². The molecule has 0 bridgehead atoms. The van der Waals surface area contributed by atoms with E-state index in [1.165, 1.54) is 18.2 Å². The molecule has 5 N–H and O–H groups in total. The number of benzene rings is 2. The maximum absolute atomic E-state index is 11.9. The average Bonchev–Trinajstić information content (AvgIpc) is 3.74. The molecule has 1 saturated carbocycles. The predicted molar refractivity (Wildman–Crippen MR) is 190 cm³/mol. The first kappa shape index (κ1) is 33.8. The molecule has 0 radical (unpaired) electrons. The Labute approximate surface area is 288 Å². The molecule has 4 heterocycles. The Kier molecular flexibility index (Phi) is 8.90. The molecule has 1 aliphatic carbocycles. The highest BCUT2D eigenvalue weighted by molar-refractivity contribution is 5.87. The van der Waals surface area contributed by atoms with Gasteiger partial charge in [-0.1, -0.05) is 43.9 Å². The van der Waals surface area contributed by atoms with Gasteiger partial charge in [0.2, 0.25) is 0 Å². The number of esters is 1. The largest absolute Gasteiger partial charge is 0.496 e. The van der Waals surface area contributed by atoms with E-state index in [2.05, 4.69) is 69.2 Å². The first-order valence-electron chi connectivity index (χ1n) is 17.6. The normalized spacial score (nSPS) is 28.2. The van der Waals surface area contributed by atoms with Crippen LogP contribution in [0.15, 0.2) is 60.7 Å². The number of methoxy groups -OCH3 is 2. The molecule has 7 rings (SSSR count). The summed E-state index contributed by atoms with van der Waals surface area (Å²) in [6.45, 7) is 8.45. The topological polar surface area (TPSA) is 131 Å². The minimum atomic E-state index is -1.11. The van der Waals surface area contributed by atoms with E-state index < -0.39 is 23.8 Å². The molecule has 262 valence electrons. The molecule has 7 atom stereocenters. The minimum Gasteiger partial charge on any atom is -0.496 e. The summed E-state index contributed by atoms with van der Waals surface area (Å²) in [5.74, 6) is 0.174. The van der Waals surface area contributed by atoms with Gasteiger partial charge in [0.15, 0.2) is 0 Å². The van der Waals surface area contributed by atoms with Crippen LogP contribution in [0, 0.1) is 5.92 Å². The summed E-state index contributed by atoms with van der Waals surface area (Å²) in [4.78, 5) is 20.3. The van der Waals surface area contributed by atoms with Crippen LogP contribution in [-0.2, 0) is 27.8 Å². The second-order valence-corrected chi connectivity index (χ2v) is 14.5. The number of nitrogens with zero attached hydrogens (tertiary/aromatic N) is 2. The lowest BCUT2D eigenvalue weighted by molar-refractivity contribution is -0.136. The van der Waals surface area contributed by atoms with Crippen molar-refractivity contribution in [2.75, 3.05) is 52.3 Å². The molecule has 2 aromatic carbocycles. The van der Waals surface area contributed by atoms with E-state index in [1.54, 1.807) is 7.11 Å². The van der Waals surface area contributed by atoms with Crippen LogP contribution < -0.4 is 15.0 Å². The van der Waals surface area contributed by atoms with E-state index in [4.69, 9.17) is 9.47 Å². The lowest BCUT2D eigenvalue weighted by atomic mass is 9.58. The molecule has 49 heavy (non-hydrogen) atoms. The van der Waals surface area contributed by atoms with Gasteiger partial charge in [0, 0.05) is 89.8 Å². The molecule has 4 aliphatic rings. The number of anilines is 1. The van der Waals surface area contributed by atoms with E-state index in [-0.39, 0.29) is 35.4 Å². The van der Waals surface area contributed by atoms with Crippen molar-refractivity contribution in [1.82, 2.24) is 15.2 Å². The number of aliphatic hydroxyl groups excluding tert-OH is 2. The third-order valence-corrected chi connectivity index (χ3v) is 12.0. The zero-order chi connectivity index (χ0) is 34.7. The summed E-state index contributed by atoms with van der Waals surface area (Å²) in [6.07, 6.45) is 5.48. The lowest BCUT2D eigenvalue weighted by Gasteiger charge is -2.54. The van der Waals surface area contributed by atoms with Crippen molar-refractivity contribution in [3.63, 3.8) is 0 Å². The Balaban J connectivity index is 1.19. The van der Waals surface area contributed by atoms with Crippen LogP contribution in [0.2, 0.25) is 0 Å². The first-order valence-corrected chi connectivity index (χ1v) is 17.6. The summed E-state index contributed by atoms with van der Waals surface area (Å²) < 4.78 is 10.8. The van der Waals surface area contributed by atoms with Crippen LogP contribution in [-0.4, -0.2) is 109 Å². The van der Waals surface area contributed by atoms with Crippen LogP contribution in [0.3, 0.4) is 0 Å². The Bertz CT molecular complexity index is 1790. The van der Waals surface area contributed by atoms with Gasteiger partial charge in [-0.25, -0.2) is 4.79 Å². The quantitative estimate of drug-likeness (QED) is 0.0854. The van der Waals surface area contributed by atoms with Gasteiger partial charge < -0.3 is 40.0 Å². The Morgan fingerprint density at radius 3 is 2.73 bits per heavy atom. The van der Waals surface area contributed by atoms with Crippen LogP contribution >= 0.6 is 0 Å². The molecule has 2 fully saturated rings. The summed E-state index contributed by atoms with van der Waals surface area (Å²) in [7, 11) is 5.08. The molecule has 3 aromatic rings. The van der Waals surface area contributed by atoms with Gasteiger partial charge in [0.25, 0.3) is 0 Å². The molecule has 10 nitrogen and oxygen atoms in total. The summed E-state index contributed by atoms with van der Waals surface area (Å²) in [6, 6.07) is 12.7. The van der Waals surface area contributed by atoms with Crippen LogP contribution in [0.4, 0.5) is 5.69 Å². The van der Waals surface area contributed by atoms with Gasteiger partial charge in [0.1, 0.15) is 11.9 Å². The van der Waals surface area contributed by atoms with Crippen LogP contribution in [0.1, 0.15) is 48.6 Å². The molecule has 0 amide bonds. The number of rotatable bonds is 12. The third-order valence-electron chi connectivity index (χ3n) is 12.0. The number of fused-ring (bicyclic) bond motifs is 2. The Morgan fingerprint density at radius 1 is 1.18 bits per heavy atom. The zero-order valence-electron chi connectivity index (χ0n) is 29.0. The highest BCUT2D eigenvalue weighted by Crippen LogP contribution is 2.60. The van der Waals surface area contributed by atoms with Crippen LogP contribution in [0.5, 0.6) is 5.75 Å². The SMILES string of the molecule is C=C(C[C@@](O)(CC)CNCCc1c(Cc2cc3c(cc2OC)N(C)[C@H]2[C@H](O)[C@H](O)C4C=CCN5CC[C@]32C45)[nH]c2ccccc12)C(=O)OC. The number of likely N-dealkylation sites (N-methyl/N-ethyl adjacent to an activating group) is 1. The number of carbonyl (C=O) groups excluding carboxylic acids is 1. The summed E-state index contributed by atoms with van der Waals surface area (Å²) in [5.41, 5.74) is 5.61. The van der Waals surface area contributed by atoms with E-state index in [0.29, 0.717) is 25.9 Å². The fourth-order valence-corrected chi connectivity index (χ4v) is 9.66. The standard InChI is InChI=1S/C39H50N4O6/c1-6-38(47,21-23(2)37(46)49-5)22-40-15-13-26-25-10-7-8-12-29(25)41-30(26)19-24-18-28-31(20-32(24)48-4)42(3)36-34(45)33(44)27-11-9-16-43-17-14-39(28,36)35(27)43/h7-12,18,20,27,33-36,40-41,44-45,47H,2,6,13-17,19,21-22H2,1,3-5H3/t27?,33-,34-,35?,36+,38+,39-/m1/s1. The second kappa shape index (κ2) is 12.9. The molecule has 2 unspecified atom stereocenters. The molecule has 1 aromatic heterocycles. The van der Waals surface area contributed by atoms with E-state index in [0.717, 1.165) is 59.5 Å². The number of nitrogens with one attached hydrogen (secondary N) is 2. The summed E-state index contributed by atoms with van der Waals surface area (Å²) >= 11 is 0. The average molecular weight is 671 g/mol. The van der Waals surface area contributed by atoms with Gasteiger partial charge in [-0.3, -0.25) is 4.90 Å². The number of H-pyrrole nitrogens is 1. The van der Waals surface area contributed by atoms with E-state index in [1.807, 2.05) is 20.0 Å². The van der Waals surface area contributed by atoms with Gasteiger partial charge >= 0.3 is 5.97 Å². The Morgan fingerprint density at radius 2 is 1.98 bits per heavy atom. The lowest BCUT2D eigenvalue weighted by Crippen LogP contribution is -2.69. The number of para-hydroxylation sites is 1. The maximum atomic E-state index is 11.9. The van der Waals surface area contributed by atoms with Crippen molar-refractivity contribution in [2.24, 2.45) is 5.92 Å². The monoisotopic (exact) mass is 670 g/mol. The third kappa shape index (κ3) is 5.40. The number of carbonyl (C=O) groups is 1. The van der Waals surface area contributed by atoms with Gasteiger partial charge in [-0.15, -0.1) is 0 Å². The van der Waals surface area contributed by atoms with Crippen molar-refractivity contribution >= 4 is 22.6 Å². The van der Waals surface area contributed by atoms with E-state index in [9.17, 15) is 20.1 Å². The van der Waals surface area contributed by atoms with Crippen molar-refractivity contribution in [2.45, 2.75) is 74.3 Å². The number of aromatic amines is 1. The van der Waals surface area contributed by atoms with E-state index >= 15 is 0 Å². The van der Waals surface area contributed by atoms with Crippen molar-refractivity contribution < 1.29 is 29.6 Å². The molecule has 10 heteroatoms. The number of ether oxygens (including phenoxy) is 2. The molecule has 1 spiro atoms. The Hall–Kier alpha value is -3.67. The fourth-order valence-electron chi connectivity index (χ4n) is 9.66. The van der Waals surface area contributed by atoms with Gasteiger partial charge in [0.05, 0.1) is 32.0 Å². The zero-order valence-corrected chi connectivity index (χ0v) is 29.0.